The Labute approximate surface area is 403 Å². The molecule has 69 heavy (non-hydrogen) atoms. The molecule has 0 atom stereocenters. The van der Waals surface area contributed by atoms with Gasteiger partial charge in [0.1, 0.15) is 28.5 Å². The van der Waals surface area contributed by atoms with Crippen molar-refractivity contribution in [2.75, 3.05) is 80.8 Å². The molecule has 2 aromatic heterocycles. The summed E-state index contributed by atoms with van der Waals surface area (Å²) in [6.07, 6.45) is 4.59. The van der Waals surface area contributed by atoms with E-state index in [0.717, 1.165) is 62.1 Å². The highest BCUT2D eigenvalue weighted by molar-refractivity contribution is 7.92. The summed E-state index contributed by atoms with van der Waals surface area (Å²) in [7, 11) is -11.2. The number of sulfone groups is 1. The first-order valence-corrected chi connectivity index (χ1v) is 26.0. The molecule has 0 spiro atoms. The monoisotopic (exact) mass is 1010 g/mol. The van der Waals surface area contributed by atoms with Gasteiger partial charge >= 0.3 is 5.51 Å². The second-order valence-electron chi connectivity index (χ2n) is 18.8. The number of allylic oxidation sites excluding steroid dienone is 1. The van der Waals surface area contributed by atoms with Crippen molar-refractivity contribution < 1.29 is 48.7 Å². The number of aromatic amines is 1. The van der Waals surface area contributed by atoms with Crippen LogP contribution in [0.2, 0.25) is 5.02 Å². The summed E-state index contributed by atoms with van der Waals surface area (Å²) >= 11 is 6.25. The number of H-pyrrole nitrogens is 1. The highest BCUT2D eigenvalue weighted by atomic mass is 35.5. The highest BCUT2D eigenvalue weighted by Crippen LogP contribution is 2.45. The van der Waals surface area contributed by atoms with E-state index in [9.17, 15) is 34.8 Å². The van der Waals surface area contributed by atoms with Gasteiger partial charge in [-0.2, -0.15) is 18.2 Å². The van der Waals surface area contributed by atoms with Crippen molar-refractivity contribution in [1.82, 2.24) is 19.6 Å². The van der Waals surface area contributed by atoms with Gasteiger partial charge in [0.05, 0.1) is 28.4 Å². The van der Waals surface area contributed by atoms with Gasteiger partial charge in [0.25, 0.3) is 25.8 Å². The second-order valence-corrected chi connectivity index (χ2v) is 22.8. The van der Waals surface area contributed by atoms with E-state index >= 15 is 4.39 Å². The molecule has 3 N–H and O–H groups in total. The number of carbonyl (C=O) groups excluding carboxylic acids is 1. The van der Waals surface area contributed by atoms with Crippen molar-refractivity contribution >= 4 is 76.7 Å². The minimum atomic E-state index is -6.18. The van der Waals surface area contributed by atoms with Crippen molar-refractivity contribution in [1.29, 1.82) is 0 Å². The molecule has 5 aromatic rings. The Morgan fingerprint density at radius 2 is 1.62 bits per heavy atom. The number of nitrogens with zero attached hydrogens (tertiary/aromatic N) is 4. The van der Waals surface area contributed by atoms with E-state index < -0.39 is 59.0 Å². The van der Waals surface area contributed by atoms with E-state index in [1.54, 1.807) is 23.2 Å². The second kappa shape index (κ2) is 18.7. The number of hydrogen-bond donors (Lipinski definition) is 3. The summed E-state index contributed by atoms with van der Waals surface area (Å²) in [6, 6.07) is 18.7. The van der Waals surface area contributed by atoms with Crippen LogP contribution in [0.25, 0.3) is 16.6 Å². The summed E-state index contributed by atoms with van der Waals surface area (Å²) in [5.74, 6) is -0.859. The van der Waals surface area contributed by atoms with Crippen LogP contribution in [0.3, 0.4) is 0 Å². The number of aromatic nitrogens is 2. The maximum absolute atomic E-state index is 15.4. The number of ether oxygens (including phenoxy) is 2. The number of rotatable bonds is 12. The van der Waals surface area contributed by atoms with Gasteiger partial charge in [-0.3, -0.25) is 9.69 Å². The van der Waals surface area contributed by atoms with E-state index in [1.165, 1.54) is 22.8 Å². The van der Waals surface area contributed by atoms with Gasteiger partial charge < -0.3 is 29.6 Å². The number of amides is 1. The molecule has 2 fully saturated rings. The zero-order valence-electron chi connectivity index (χ0n) is 38.0. The lowest BCUT2D eigenvalue weighted by molar-refractivity contribution is -0.0435. The normalized spacial score (nSPS) is 19.0. The first-order valence-electron chi connectivity index (χ1n) is 22.7. The predicted octanol–water partition coefficient (Wildman–Crippen LogP) is 8.88. The molecule has 9 rings (SSSR count). The first-order chi connectivity index (χ1) is 32.7. The van der Waals surface area contributed by atoms with Crippen molar-refractivity contribution in [2.45, 2.75) is 66.9 Å². The maximum atomic E-state index is 15.4. The zero-order chi connectivity index (χ0) is 48.9. The molecular formula is C48H52ClF4N7O7S2. The molecule has 1 aliphatic carbocycles. The van der Waals surface area contributed by atoms with Crippen LogP contribution < -0.4 is 24.6 Å². The van der Waals surface area contributed by atoms with Crippen LogP contribution in [0.4, 0.5) is 40.3 Å². The van der Waals surface area contributed by atoms with Gasteiger partial charge in [0.15, 0.2) is 0 Å². The molecule has 1 amide bonds. The highest BCUT2D eigenvalue weighted by Gasteiger charge is 2.49. The summed E-state index contributed by atoms with van der Waals surface area (Å²) in [4.78, 5) is 26.1. The van der Waals surface area contributed by atoms with Crippen LogP contribution in [0, 0.1) is 5.41 Å². The molecule has 0 bridgehead atoms. The number of alkyl halides is 4. The quantitative estimate of drug-likeness (QED) is 0.102. The van der Waals surface area contributed by atoms with Gasteiger partial charge in [-0.1, -0.05) is 43.2 Å². The fourth-order valence-electron chi connectivity index (χ4n) is 9.45. The molecule has 0 saturated carbocycles. The minimum absolute atomic E-state index is 0.0567. The number of fused-ring (bicyclic) bond motifs is 2. The van der Waals surface area contributed by atoms with E-state index in [0.29, 0.717) is 41.2 Å². The van der Waals surface area contributed by atoms with Crippen LogP contribution in [-0.2, 0) is 24.6 Å². The Morgan fingerprint density at radius 1 is 0.884 bits per heavy atom. The fourth-order valence-corrected chi connectivity index (χ4v) is 11.6. The van der Waals surface area contributed by atoms with Crippen LogP contribution >= 0.6 is 11.6 Å². The standard InChI is InChI=1S/C48H52ClF4N7O7S2/c1-46(2)13-11-33(38(28-46)31-3-5-34(49)6-4-31)29-58-17-19-59(20-18-58)35-7-9-37(40(26-35)60-21-24-67-45-41(60)25-32-12-16-54-43(32)56-45)44(61)57-69(64,65)36-8-10-39(42(27-36)68(62,63)48(51,52)53)55-30-47(50)14-22-66-23-15-47/h3-10,12,16,25-27,55H,11,13-15,17-24,28-30H2,1-2H3,(H,54,56)(H,57,61). The molecule has 5 heterocycles. The number of sulfonamides is 1. The van der Waals surface area contributed by atoms with E-state index in [-0.39, 0.29) is 56.1 Å². The number of halogens is 5. The average molecular weight is 1010 g/mol. The van der Waals surface area contributed by atoms with Gasteiger partial charge in [-0.05, 0) is 96.5 Å². The summed E-state index contributed by atoms with van der Waals surface area (Å²) < 4.78 is 124. The lowest BCUT2D eigenvalue weighted by Gasteiger charge is -2.39. The minimum Gasteiger partial charge on any atom is -0.474 e. The SMILES string of the molecule is CC1(C)CCC(CN2CCN(c3ccc(C(=O)NS(=O)(=O)c4ccc(NCC5(F)CCOCC5)c(S(=O)(=O)C(F)(F)F)c4)c(N4CCOc5nc6[nH]ccc6cc54)c3)CC2)=C(c2ccc(Cl)cc2)C1. The Morgan fingerprint density at radius 3 is 2.35 bits per heavy atom. The molecule has 0 radical (unpaired) electrons. The maximum Gasteiger partial charge on any atom is 0.501 e. The van der Waals surface area contributed by atoms with Crippen LogP contribution in [-0.4, -0.2) is 114 Å². The number of benzene rings is 3. The van der Waals surface area contributed by atoms with E-state index in [4.69, 9.17) is 21.1 Å². The lowest BCUT2D eigenvalue weighted by Crippen LogP contribution is -2.47. The van der Waals surface area contributed by atoms with Crippen LogP contribution in [0.1, 0.15) is 61.9 Å². The van der Waals surface area contributed by atoms with Crippen molar-refractivity contribution in [3.63, 3.8) is 0 Å². The van der Waals surface area contributed by atoms with E-state index in [2.05, 4.69) is 51.1 Å². The Balaban J connectivity index is 1.00. The summed E-state index contributed by atoms with van der Waals surface area (Å²) in [6.45, 7) is 8.16. The molecule has 368 valence electrons. The van der Waals surface area contributed by atoms with Gasteiger partial charge in [0, 0.05) is 87.6 Å². The molecule has 4 aliphatic rings. The number of nitrogens with one attached hydrogen (secondary N) is 3. The third-order valence-electron chi connectivity index (χ3n) is 13.4. The topological polar surface area (TPSA) is 166 Å². The van der Waals surface area contributed by atoms with Gasteiger partial charge in [-0.15, -0.1) is 0 Å². The molecule has 3 aromatic carbocycles. The Bertz CT molecular complexity index is 3030. The number of piperazine rings is 1. The molecule has 14 nitrogen and oxygen atoms in total. The molecular weight excluding hydrogens is 962 g/mol. The molecule has 2 saturated heterocycles. The van der Waals surface area contributed by atoms with E-state index in [1.807, 2.05) is 29.0 Å². The Hall–Kier alpha value is -5.41. The molecule has 3 aliphatic heterocycles. The van der Waals surface area contributed by atoms with Crippen molar-refractivity contribution in [2.24, 2.45) is 5.41 Å². The van der Waals surface area contributed by atoms with Crippen LogP contribution in [0.5, 0.6) is 5.88 Å². The number of carbonyl (C=O) groups is 1. The summed E-state index contributed by atoms with van der Waals surface area (Å²) in [5.41, 5.74) is -2.24. The van der Waals surface area contributed by atoms with Crippen molar-refractivity contribution in [3.05, 3.63) is 101 Å². The fraction of sp³-hybridized carbons (Fsp3) is 0.417. The summed E-state index contributed by atoms with van der Waals surface area (Å²) in [5, 5.41) is 3.89. The third kappa shape index (κ3) is 10.3. The molecule has 21 heteroatoms. The largest absolute Gasteiger partial charge is 0.501 e. The Kier molecular flexibility index (Phi) is 13.2. The van der Waals surface area contributed by atoms with Crippen LogP contribution in [0.15, 0.2) is 94.4 Å². The smallest absolute Gasteiger partial charge is 0.474 e. The average Bonchev–Trinajstić information content (AvgIpc) is 3.78. The predicted molar refractivity (Wildman–Crippen MR) is 256 cm³/mol. The number of hydrogen-bond acceptors (Lipinski definition) is 12. The zero-order valence-corrected chi connectivity index (χ0v) is 40.4. The van der Waals surface area contributed by atoms with Gasteiger partial charge in [-0.25, -0.2) is 25.9 Å². The molecule has 0 unspecified atom stereocenters. The van der Waals surface area contributed by atoms with Crippen molar-refractivity contribution in [3.8, 4) is 5.88 Å². The first kappa shape index (κ1) is 48.6. The number of pyridine rings is 1. The lowest BCUT2D eigenvalue weighted by atomic mass is 9.72. The third-order valence-corrected chi connectivity index (χ3v) is 16.5. The van der Waals surface area contributed by atoms with Gasteiger partial charge in [0.2, 0.25) is 5.88 Å². The number of anilines is 4.